The zero-order valence-corrected chi connectivity index (χ0v) is 29.4. The van der Waals surface area contributed by atoms with Crippen LogP contribution in [-0.4, -0.2) is 19.9 Å². The van der Waals surface area contributed by atoms with Crippen LogP contribution in [0.15, 0.2) is 176 Å². The molecular formula is C49H36N4. The first kappa shape index (κ1) is 32.1. The number of hydrogen-bond donors (Lipinski definition) is 0. The van der Waals surface area contributed by atoms with Crippen molar-refractivity contribution in [3.8, 4) is 56.5 Å². The molecule has 2 aromatic heterocycles. The lowest BCUT2D eigenvalue weighted by molar-refractivity contribution is 0.961. The third-order valence-electron chi connectivity index (χ3n) is 9.94. The average molecular weight is 681 g/mol. The van der Waals surface area contributed by atoms with Crippen molar-refractivity contribution in [2.45, 2.75) is 19.8 Å². The van der Waals surface area contributed by atoms with Crippen molar-refractivity contribution in [1.29, 1.82) is 0 Å². The van der Waals surface area contributed by atoms with Gasteiger partial charge in [-0.05, 0) is 94.8 Å². The molecule has 0 atom stereocenters. The zero-order chi connectivity index (χ0) is 35.6. The minimum atomic E-state index is 0.632. The van der Waals surface area contributed by atoms with Crippen LogP contribution in [0, 0.1) is 6.92 Å². The van der Waals surface area contributed by atoms with Crippen molar-refractivity contribution in [3.05, 3.63) is 193 Å². The SMILES string of the molecule is Cc1ccccc1-c1ccccc1CCc1cc(-c2ccc3cc4ccccc4cc3n2)cc(-c2nc(-c3ccccc3)nc(-c3ccccc3)n2)c1. The second-order valence-electron chi connectivity index (χ2n) is 13.5. The molecule has 0 aliphatic heterocycles. The van der Waals surface area contributed by atoms with E-state index in [0.717, 1.165) is 51.7 Å². The van der Waals surface area contributed by atoms with Crippen LogP contribution >= 0.6 is 0 Å². The maximum Gasteiger partial charge on any atom is 0.164 e. The van der Waals surface area contributed by atoms with Crippen molar-refractivity contribution in [1.82, 2.24) is 19.9 Å². The molecule has 0 unspecified atom stereocenters. The van der Waals surface area contributed by atoms with Gasteiger partial charge in [-0.3, -0.25) is 0 Å². The number of hydrogen-bond acceptors (Lipinski definition) is 4. The third kappa shape index (κ3) is 6.71. The number of pyridine rings is 1. The molecule has 0 N–H and O–H groups in total. The van der Waals surface area contributed by atoms with E-state index in [1.807, 2.05) is 60.7 Å². The fourth-order valence-corrected chi connectivity index (χ4v) is 7.18. The molecular weight excluding hydrogens is 645 g/mol. The van der Waals surface area contributed by atoms with Gasteiger partial charge in [-0.2, -0.15) is 0 Å². The highest BCUT2D eigenvalue weighted by molar-refractivity contribution is 5.97. The summed E-state index contributed by atoms with van der Waals surface area (Å²) in [4.78, 5) is 20.4. The molecule has 7 aromatic carbocycles. The van der Waals surface area contributed by atoms with E-state index in [2.05, 4.69) is 122 Å². The molecule has 9 rings (SSSR count). The molecule has 0 amide bonds. The number of rotatable bonds is 8. The van der Waals surface area contributed by atoms with E-state index in [9.17, 15) is 0 Å². The van der Waals surface area contributed by atoms with Crippen LogP contribution in [0.25, 0.3) is 78.2 Å². The van der Waals surface area contributed by atoms with E-state index in [1.54, 1.807) is 0 Å². The van der Waals surface area contributed by atoms with Gasteiger partial charge < -0.3 is 0 Å². The van der Waals surface area contributed by atoms with E-state index in [4.69, 9.17) is 19.9 Å². The summed E-state index contributed by atoms with van der Waals surface area (Å²) in [5, 5.41) is 3.51. The number of fused-ring (bicyclic) bond motifs is 2. The summed E-state index contributed by atoms with van der Waals surface area (Å²) < 4.78 is 0. The predicted octanol–water partition coefficient (Wildman–Crippen LogP) is 12.0. The van der Waals surface area contributed by atoms with Gasteiger partial charge in [0.1, 0.15) is 0 Å². The zero-order valence-electron chi connectivity index (χ0n) is 29.4. The fourth-order valence-electron chi connectivity index (χ4n) is 7.18. The lowest BCUT2D eigenvalue weighted by Crippen LogP contribution is -2.01. The van der Waals surface area contributed by atoms with E-state index < -0.39 is 0 Å². The molecule has 0 aliphatic carbocycles. The molecule has 252 valence electrons. The minimum absolute atomic E-state index is 0.632. The summed E-state index contributed by atoms with van der Waals surface area (Å²) in [5.74, 6) is 1.92. The summed E-state index contributed by atoms with van der Waals surface area (Å²) in [6.07, 6.45) is 1.72. The van der Waals surface area contributed by atoms with E-state index in [-0.39, 0.29) is 0 Å². The van der Waals surface area contributed by atoms with Gasteiger partial charge in [0.2, 0.25) is 0 Å². The third-order valence-corrected chi connectivity index (χ3v) is 9.94. The van der Waals surface area contributed by atoms with Gasteiger partial charge in [-0.15, -0.1) is 0 Å². The maximum absolute atomic E-state index is 5.23. The van der Waals surface area contributed by atoms with Gasteiger partial charge in [-0.25, -0.2) is 19.9 Å². The Morgan fingerprint density at radius 1 is 0.377 bits per heavy atom. The van der Waals surface area contributed by atoms with Crippen LogP contribution in [0.5, 0.6) is 0 Å². The maximum atomic E-state index is 5.23. The molecule has 0 saturated heterocycles. The Kier molecular flexibility index (Phi) is 8.55. The van der Waals surface area contributed by atoms with Crippen LogP contribution < -0.4 is 0 Å². The van der Waals surface area contributed by atoms with Crippen LogP contribution in [0.1, 0.15) is 16.7 Å². The highest BCUT2D eigenvalue weighted by atomic mass is 15.0. The first-order valence-corrected chi connectivity index (χ1v) is 18.1. The largest absolute Gasteiger partial charge is 0.248 e. The number of aryl methyl sites for hydroxylation is 3. The normalized spacial score (nSPS) is 11.3. The molecule has 53 heavy (non-hydrogen) atoms. The van der Waals surface area contributed by atoms with E-state index >= 15 is 0 Å². The summed E-state index contributed by atoms with van der Waals surface area (Å²) in [7, 11) is 0. The molecule has 0 aliphatic rings. The molecule has 9 aromatic rings. The second-order valence-corrected chi connectivity index (χ2v) is 13.5. The van der Waals surface area contributed by atoms with Crippen LogP contribution in [0.3, 0.4) is 0 Å². The molecule has 0 radical (unpaired) electrons. The number of aromatic nitrogens is 4. The Morgan fingerprint density at radius 3 is 1.64 bits per heavy atom. The quantitative estimate of drug-likeness (QED) is 0.150. The molecule has 0 bridgehead atoms. The van der Waals surface area contributed by atoms with Crippen molar-refractivity contribution in [2.75, 3.05) is 0 Å². The van der Waals surface area contributed by atoms with E-state index in [1.165, 1.54) is 38.6 Å². The molecule has 4 nitrogen and oxygen atoms in total. The number of benzene rings is 7. The van der Waals surface area contributed by atoms with Gasteiger partial charge in [-0.1, -0.05) is 140 Å². The summed E-state index contributed by atoms with van der Waals surface area (Å²) in [6.45, 7) is 2.18. The first-order chi connectivity index (χ1) is 26.1. The molecule has 2 heterocycles. The molecule has 4 heteroatoms. The molecule has 0 fully saturated rings. The van der Waals surface area contributed by atoms with Crippen molar-refractivity contribution < 1.29 is 0 Å². The lowest BCUT2D eigenvalue weighted by atomic mass is 9.92. The van der Waals surface area contributed by atoms with Crippen LogP contribution in [-0.2, 0) is 12.8 Å². The monoisotopic (exact) mass is 680 g/mol. The van der Waals surface area contributed by atoms with Gasteiger partial charge in [0.15, 0.2) is 17.5 Å². The highest BCUT2D eigenvalue weighted by Crippen LogP contribution is 2.33. The Hall–Kier alpha value is -6.78. The Morgan fingerprint density at radius 2 is 0.943 bits per heavy atom. The van der Waals surface area contributed by atoms with Crippen molar-refractivity contribution in [3.63, 3.8) is 0 Å². The van der Waals surface area contributed by atoms with Gasteiger partial charge in [0.25, 0.3) is 0 Å². The van der Waals surface area contributed by atoms with Gasteiger partial charge >= 0.3 is 0 Å². The summed E-state index contributed by atoms with van der Waals surface area (Å²) >= 11 is 0. The topological polar surface area (TPSA) is 51.6 Å². The molecule has 0 spiro atoms. The first-order valence-electron chi connectivity index (χ1n) is 18.1. The standard InChI is InChI=1S/C49H36N4/c1-33-14-8-12-22-43(33)44-23-13-11-15-35(44)25-24-34-28-41(45-27-26-40-30-38-20-9-10-21-39(38)32-46(40)50-45)31-42(29-34)49-52-47(36-16-4-2-5-17-36)51-48(53-49)37-18-6-3-7-19-37/h2-23,26-32H,24-25H2,1H3. The van der Waals surface area contributed by atoms with Gasteiger partial charge in [0, 0.05) is 27.6 Å². The highest BCUT2D eigenvalue weighted by Gasteiger charge is 2.16. The Labute approximate surface area is 309 Å². The average Bonchev–Trinajstić information content (AvgIpc) is 3.22. The van der Waals surface area contributed by atoms with Crippen molar-refractivity contribution >= 4 is 21.7 Å². The molecule has 0 saturated carbocycles. The van der Waals surface area contributed by atoms with Crippen LogP contribution in [0.4, 0.5) is 0 Å². The summed E-state index contributed by atoms with van der Waals surface area (Å²) in [6, 6.07) is 61.5. The van der Waals surface area contributed by atoms with E-state index in [0.29, 0.717) is 17.5 Å². The fraction of sp³-hybridized carbons (Fsp3) is 0.0612. The van der Waals surface area contributed by atoms with Crippen molar-refractivity contribution in [2.24, 2.45) is 0 Å². The summed E-state index contributed by atoms with van der Waals surface area (Å²) in [5.41, 5.74) is 12.1. The lowest BCUT2D eigenvalue weighted by Gasteiger charge is -2.14. The van der Waals surface area contributed by atoms with Gasteiger partial charge in [0.05, 0.1) is 11.2 Å². The Balaban J connectivity index is 1.18. The smallest absolute Gasteiger partial charge is 0.164 e. The Bertz CT molecular complexity index is 2680. The van der Waals surface area contributed by atoms with Crippen LogP contribution in [0.2, 0.25) is 0 Å². The predicted molar refractivity (Wildman–Crippen MR) is 218 cm³/mol. The number of nitrogens with zero attached hydrogens (tertiary/aromatic N) is 4. The second kappa shape index (κ2) is 14.1. The minimum Gasteiger partial charge on any atom is -0.248 e.